The maximum atomic E-state index is 11.3. The summed E-state index contributed by atoms with van der Waals surface area (Å²) >= 11 is 0. The number of hydrogen-bond donors (Lipinski definition) is 1. The summed E-state index contributed by atoms with van der Waals surface area (Å²) < 4.78 is 5.00. The average molecular weight is 306 g/mol. The third-order valence-electron chi connectivity index (χ3n) is 4.17. The van der Waals surface area contributed by atoms with Crippen LogP contribution in [0.3, 0.4) is 0 Å². The van der Waals surface area contributed by atoms with E-state index >= 15 is 0 Å². The summed E-state index contributed by atoms with van der Waals surface area (Å²) in [5.74, 6) is 0.408. The van der Waals surface area contributed by atoms with Crippen LogP contribution in [-0.4, -0.2) is 60.9 Å². The van der Waals surface area contributed by atoms with E-state index in [1.807, 2.05) is 6.07 Å². The molecule has 1 heterocycles. The molecule has 1 aromatic carbocycles. The molecule has 1 atom stereocenters. The topological polar surface area (TPSA) is 53.0 Å². The predicted molar refractivity (Wildman–Crippen MR) is 85.9 cm³/mol. The molecule has 0 aromatic heterocycles. The zero-order valence-corrected chi connectivity index (χ0v) is 13.3. The van der Waals surface area contributed by atoms with Crippen LogP contribution in [-0.2, 0) is 11.3 Å². The highest BCUT2D eigenvalue weighted by atomic mass is 16.5. The van der Waals surface area contributed by atoms with Crippen molar-refractivity contribution in [1.29, 1.82) is 0 Å². The lowest BCUT2D eigenvalue weighted by molar-refractivity contribution is 0.0911. The van der Waals surface area contributed by atoms with E-state index in [0.29, 0.717) is 25.6 Å². The van der Waals surface area contributed by atoms with Gasteiger partial charge < -0.3 is 14.7 Å². The molecule has 22 heavy (non-hydrogen) atoms. The second-order valence-corrected chi connectivity index (χ2v) is 5.95. The van der Waals surface area contributed by atoms with Crippen molar-refractivity contribution in [1.82, 2.24) is 9.80 Å². The molecule has 1 aliphatic heterocycles. The summed E-state index contributed by atoms with van der Waals surface area (Å²) in [6, 6.07) is 10.4. The maximum absolute atomic E-state index is 11.3. The minimum Gasteiger partial charge on any atom is -0.465 e. The number of ether oxygens (including phenoxy) is 1. The average Bonchev–Trinajstić information content (AvgIpc) is 2.52. The SMILES string of the molecule is COCCN(CC1CCCN(Cc2ccccc2)C1)C(=O)O. The molecular weight excluding hydrogens is 280 g/mol. The Bertz CT molecular complexity index is 452. The molecule has 122 valence electrons. The van der Waals surface area contributed by atoms with Crippen LogP contribution in [0.1, 0.15) is 18.4 Å². The van der Waals surface area contributed by atoms with E-state index in [1.165, 1.54) is 10.5 Å². The van der Waals surface area contributed by atoms with E-state index in [1.54, 1.807) is 7.11 Å². The summed E-state index contributed by atoms with van der Waals surface area (Å²) in [5, 5.41) is 9.29. The van der Waals surface area contributed by atoms with E-state index in [2.05, 4.69) is 29.2 Å². The minimum absolute atomic E-state index is 0.408. The quantitative estimate of drug-likeness (QED) is 0.841. The molecule has 2 rings (SSSR count). The fourth-order valence-electron chi connectivity index (χ4n) is 3.06. The summed E-state index contributed by atoms with van der Waals surface area (Å²) in [7, 11) is 1.60. The Balaban J connectivity index is 1.85. The largest absolute Gasteiger partial charge is 0.465 e. The molecule has 0 spiro atoms. The Morgan fingerprint density at radius 2 is 2.18 bits per heavy atom. The summed E-state index contributed by atoms with van der Waals surface area (Å²) in [5.41, 5.74) is 1.32. The Hall–Kier alpha value is -1.59. The highest BCUT2D eigenvalue weighted by Gasteiger charge is 2.24. The monoisotopic (exact) mass is 306 g/mol. The lowest BCUT2D eigenvalue weighted by atomic mass is 9.97. The van der Waals surface area contributed by atoms with Gasteiger partial charge in [-0.25, -0.2) is 4.79 Å². The molecule has 5 heteroatoms. The molecule has 0 radical (unpaired) electrons. The Kier molecular flexibility index (Phi) is 6.68. The van der Waals surface area contributed by atoms with E-state index in [0.717, 1.165) is 32.5 Å². The Labute approximate surface area is 132 Å². The van der Waals surface area contributed by atoms with Crippen molar-refractivity contribution >= 4 is 6.09 Å². The van der Waals surface area contributed by atoms with Gasteiger partial charge in [-0.15, -0.1) is 0 Å². The van der Waals surface area contributed by atoms with E-state index in [4.69, 9.17) is 4.74 Å². The number of likely N-dealkylation sites (tertiary alicyclic amines) is 1. The molecule has 0 bridgehead atoms. The van der Waals surface area contributed by atoms with Crippen molar-refractivity contribution < 1.29 is 14.6 Å². The van der Waals surface area contributed by atoms with Crippen LogP contribution in [0.4, 0.5) is 4.79 Å². The number of benzene rings is 1. The van der Waals surface area contributed by atoms with Crippen LogP contribution >= 0.6 is 0 Å². The fraction of sp³-hybridized carbons (Fsp3) is 0.588. The number of carboxylic acid groups (broad SMARTS) is 1. The number of amides is 1. The van der Waals surface area contributed by atoms with Gasteiger partial charge in [-0.1, -0.05) is 30.3 Å². The summed E-state index contributed by atoms with van der Waals surface area (Å²) in [4.78, 5) is 15.2. The summed E-state index contributed by atoms with van der Waals surface area (Å²) in [6.45, 7) is 4.50. The van der Waals surface area contributed by atoms with Crippen molar-refractivity contribution in [3.63, 3.8) is 0 Å². The first-order chi connectivity index (χ1) is 10.7. The molecule has 1 aliphatic rings. The summed E-state index contributed by atoms with van der Waals surface area (Å²) in [6.07, 6.45) is 1.38. The highest BCUT2D eigenvalue weighted by Crippen LogP contribution is 2.19. The number of carbonyl (C=O) groups is 1. The normalized spacial score (nSPS) is 19.0. The number of rotatable bonds is 7. The minimum atomic E-state index is -0.850. The van der Waals surface area contributed by atoms with Gasteiger partial charge in [0.1, 0.15) is 0 Å². The fourth-order valence-corrected chi connectivity index (χ4v) is 3.06. The zero-order valence-electron chi connectivity index (χ0n) is 13.3. The molecule has 1 N–H and O–H groups in total. The lowest BCUT2D eigenvalue weighted by Gasteiger charge is -2.35. The number of hydrogen-bond acceptors (Lipinski definition) is 3. The molecule has 1 fully saturated rings. The number of piperidine rings is 1. The lowest BCUT2D eigenvalue weighted by Crippen LogP contribution is -2.43. The zero-order chi connectivity index (χ0) is 15.8. The second-order valence-electron chi connectivity index (χ2n) is 5.95. The number of methoxy groups -OCH3 is 1. The van der Waals surface area contributed by atoms with Crippen LogP contribution in [0.15, 0.2) is 30.3 Å². The Morgan fingerprint density at radius 3 is 2.86 bits per heavy atom. The van der Waals surface area contributed by atoms with Crippen LogP contribution < -0.4 is 0 Å². The molecule has 0 saturated carbocycles. The van der Waals surface area contributed by atoms with Crippen molar-refractivity contribution in [2.45, 2.75) is 19.4 Å². The van der Waals surface area contributed by atoms with Crippen molar-refractivity contribution in [3.05, 3.63) is 35.9 Å². The van der Waals surface area contributed by atoms with Gasteiger partial charge in [-0.3, -0.25) is 4.90 Å². The first kappa shape index (κ1) is 16.8. The molecule has 1 aromatic rings. The van der Waals surface area contributed by atoms with Gasteiger partial charge in [0, 0.05) is 33.3 Å². The third-order valence-corrected chi connectivity index (χ3v) is 4.17. The van der Waals surface area contributed by atoms with Gasteiger partial charge in [0.2, 0.25) is 0 Å². The van der Waals surface area contributed by atoms with Gasteiger partial charge in [-0.05, 0) is 30.9 Å². The second kappa shape index (κ2) is 8.76. The molecule has 5 nitrogen and oxygen atoms in total. The van der Waals surface area contributed by atoms with Crippen LogP contribution in [0.5, 0.6) is 0 Å². The first-order valence-corrected chi connectivity index (χ1v) is 7.92. The van der Waals surface area contributed by atoms with Crippen LogP contribution in [0, 0.1) is 5.92 Å². The Morgan fingerprint density at radius 1 is 1.41 bits per heavy atom. The van der Waals surface area contributed by atoms with Gasteiger partial charge in [0.25, 0.3) is 0 Å². The molecule has 0 aliphatic carbocycles. The van der Waals surface area contributed by atoms with Gasteiger partial charge in [0.15, 0.2) is 0 Å². The predicted octanol–water partition coefficient (Wildman–Crippen LogP) is 2.53. The van der Waals surface area contributed by atoms with Crippen molar-refractivity contribution in [2.24, 2.45) is 5.92 Å². The van der Waals surface area contributed by atoms with Crippen LogP contribution in [0.25, 0.3) is 0 Å². The van der Waals surface area contributed by atoms with Gasteiger partial charge in [0.05, 0.1) is 6.61 Å². The maximum Gasteiger partial charge on any atom is 0.407 e. The molecular formula is C17H26N2O3. The highest BCUT2D eigenvalue weighted by molar-refractivity contribution is 5.64. The molecule has 1 unspecified atom stereocenters. The van der Waals surface area contributed by atoms with E-state index < -0.39 is 6.09 Å². The van der Waals surface area contributed by atoms with E-state index in [9.17, 15) is 9.90 Å². The smallest absolute Gasteiger partial charge is 0.407 e. The van der Waals surface area contributed by atoms with Gasteiger partial charge >= 0.3 is 6.09 Å². The van der Waals surface area contributed by atoms with Crippen LogP contribution in [0.2, 0.25) is 0 Å². The van der Waals surface area contributed by atoms with Gasteiger partial charge in [-0.2, -0.15) is 0 Å². The van der Waals surface area contributed by atoms with Crippen molar-refractivity contribution in [3.8, 4) is 0 Å². The van der Waals surface area contributed by atoms with Crippen molar-refractivity contribution in [2.75, 3.05) is 39.9 Å². The third kappa shape index (κ3) is 5.31. The standard InChI is InChI=1S/C17H26N2O3/c1-22-11-10-19(17(20)21)14-16-8-5-9-18(13-16)12-15-6-3-2-4-7-15/h2-4,6-7,16H,5,8-14H2,1H3,(H,20,21). The molecule has 1 saturated heterocycles. The number of nitrogens with zero attached hydrogens (tertiary/aromatic N) is 2. The molecule has 1 amide bonds. The first-order valence-electron chi connectivity index (χ1n) is 7.92. The van der Waals surface area contributed by atoms with E-state index in [-0.39, 0.29) is 0 Å².